The number of rotatable bonds is 5. The van der Waals surface area contributed by atoms with E-state index in [1.165, 1.54) is 0 Å². The summed E-state index contributed by atoms with van der Waals surface area (Å²) < 4.78 is 11.4. The molecule has 0 spiro atoms. The highest BCUT2D eigenvalue weighted by molar-refractivity contribution is 6.34. The van der Waals surface area contributed by atoms with Crippen LogP contribution in [0, 0.1) is 0 Å². The molecule has 1 atom stereocenters. The Balaban J connectivity index is 2.02. The van der Waals surface area contributed by atoms with Crippen molar-refractivity contribution in [2.24, 2.45) is 0 Å². The van der Waals surface area contributed by atoms with Gasteiger partial charge < -0.3 is 14.2 Å². The zero-order valence-corrected chi connectivity index (χ0v) is 12.0. The van der Waals surface area contributed by atoms with E-state index in [0.29, 0.717) is 5.02 Å². The third kappa shape index (κ3) is 2.47. The van der Waals surface area contributed by atoms with Gasteiger partial charge in [-0.15, -0.1) is 0 Å². The second kappa shape index (κ2) is 5.73. The second-order valence-corrected chi connectivity index (χ2v) is 5.12. The Labute approximate surface area is 122 Å². The van der Waals surface area contributed by atoms with Crippen molar-refractivity contribution in [3.63, 3.8) is 0 Å². The fourth-order valence-corrected chi connectivity index (χ4v) is 2.50. The molecule has 0 aliphatic heterocycles. The number of nitrogens with one attached hydrogen (secondary N) is 1. The van der Waals surface area contributed by atoms with Crippen LogP contribution in [0.3, 0.4) is 0 Å². The molecule has 1 aromatic carbocycles. The number of hydrogen-bond acceptors (Lipinski definition) is 3. The van der Waals surface area contributed by atoms with Gasteiger partial charge in [0, 0.05) is 5.39 Å². The maximum Gasteiger partial charge on any atom is 0.152 e. The molecule has 2 heterocycles. The van der Waals surface area contributed by atoms with Crippen LogP contribution in [-0.4, -0.2) is 6.54 Å². The molecule has 20 heavy (non-hydrogen) atoms. The summed E-state index contributed by atoms with van der Waals surface area (Å²) in [7, 11) is 0. The van der Waals surface area contributed by atoms with Crippen molar-refractivity contribution in [2.75, 3.05) is 6.54 Å². The molecule has 4 heteroatoms. The van der Waals surface area contributed by atoms with E-state index < -0.39 is 0 Å². The summed E-state index contributed by atoms with van der Waals surface area (Å²) >= 11 is 6.17. The van der Waals surface area contributed by atoms with Crippen molar-refractivity contribution in [2.45, 2.75) is 19.4 Å². The summed E-state index contributed by atoms with van der Waals surface area (Å²) in [6.07, 6.45) is 2.71. The van der Waals surface area contributed by atoms with Crippen molar-refractivity contribution in [3.8, 4) is 0 Å². The molecule has 104 valence electrons. The minimum Gasteiger partial charge on any atom is -0.467 e. The van der Waals surface area contributed by atoms with E-state index in [0.717, 1.165) is 35.5 Å². The number of para-hydroxylation sites is 1. The normalized spacial score (nSPS) is 12.9. The number of furan rings is 2. The Hall–Kier alpha value is -1.71. The lowest BCUT2D eigenvalue weighted by Crippen LogP contribution is -2.22. The topological polar surface area (TPSA) is 38.3 Å². The Bertz CT molecular complexity index is 688. The van der Waals surface area contributed by atoms with Crippen LogP contribution in [0.2, 0.25) is 5.02 Å². The van der Waals surface area contributed by atoms with Gasteiger partial charge in [-0.25, -0.2) is 0 Å². The summed E-state index contributed by atoms with van der Waals surface area (Å²) in [5.41, 5.74) is 0.721. The molecule has 0 bridgehead atoms. The van der Waals surface area contributed by atoms with Gasteiger partial charge >= 0.3 is 0 Å². The molecular formula is C16H16ClNO2. The molecule has 0 saturated carbocycles. The molecule has 1 unspecified atom stereocenters. The van der Waals surface area contributed by atoms with Crippen molar-refractivity contribution < 1.29 is 8.83 Å². The molecule has 0 aliphatic carbocycles. The van der Waals surface area contributed by atoms with E-state index in [9.17, 15) is 0 Å². The zero-order valence-electron chi connectivity index (χ0n) is 11.2. The summed E-state index contributed by atoms with van der Waals surface area (Å²) in [4.78, 5) is 0. The highest BCUT2D eigenvalue weighted by Gasteiger charge is 2.21. The van der Waals surface area contributed by atoms with E-state index in [1.54, 1.807) is 6.26 Å². The Morgan fingerprint density at radius 1 is 1.20 bits per heavy atom. The fourth-order valence-electron chi connectivity index (χ4n) is 2.28. The summed E-state index contributed by atoms with van der Waals surface area (Å²) in [5, 5.41) is 5.07. The van der Waals surface area contributed by atoms with Crippen molar-refractivity contribution in [3.05, 3.63) is 59.2 Å². The quantitative estimate of drug-likeness (QED) is 0.735. The van der Waals surface area contributed by atoms with Crippen molar-refractivity contribution >= 4 is 22.6 Å². The Morgan fingerprint density at radius 3 is 2.80 bits per heavy atom. The van der Waals surface area contributed by atoms with Crippen LogP contribution < -0.4 is 5.32 Å². The standard InChI is InChI=1S/C16H16ClNO2/c1-2-8-18-15(13-7-4-9-19-13)14-10-11-5-3-6-12(17)16(11)20-14/h3-7,9-10,15,18H,2,8H2,1H3. The van der Waals surface area contributed by atoms with E-state index in [4.69, 9.17) is 20.4 Å². The van der Waals surface area contributed by atoms with Gasteiger partial charge in [0.2, 0.25) is 0 Å². The second-order valence-electron chi connectivity index (χ2n) is 4.71. The lowest BCUT2D eigenvalue weighted by molar-refractivity contribution is 0.399. The smallest absolute Gasteiger partial charge is 0.152 e. The average Bonchev–Trinajstić information content (AvgIpc) is 3.09. The first-order valence-electron chi connectivity index (χ1n) is 6.74. The van der Waals surface area contributed by atoms with E-state index in [1.807, 2.05) is 36.4 Å². The molecule has 3 nitrogen and oxygen atoms in total. The van der Waals surface area contributed by atoms with Crippen LogP contribution in [-0.2, 0) is 0 Å². The molecule has 0 saturated heterocycles. The number of fused-ring (bicyclic) bond motifs is 1. The van der Waals surface area contributed by atoms with Crippen LogP contribution in [0.25, 0.3) is 11.0 Å². The van der Waals surface area contributed by atoms with E-state index in [-0.39, 0.29) is 6.04 Å². The number of hydrogen-bond donors (Lipinski definition) is 1. The third-order valence-electron chi connectivity index (χ3n) is 3.23. The summed E-state index contributed by atoms with van der Waals surface area (Å²) in [6.45, 7) is 3.01. The molecule has 0 radical (unpaired) electrons. The Kier molecular flexibility index (Phi) is 3.81. The summed E-state index contributed by atoms with van der Waals surface area (Å²) in [6, 6.07) is 11.5. The largest absolute Gasteiger partial charge is 0.467 e. The molecule has 0 amide bonds. The Morgan fingerprint density at radius 2 is 2.10 bits per heavy atom. The van der Waals surface area contributed by atoms with Gasteiger partial charge in [-0.1, -0.05) is 30.7 Å². The first-order chi connectivity index (χ1) is 9.79. The lowest BCUT2D eigenvalue weighted by atomic mass is 10.1. The number of halogens is 1. The predicted molar refractivity (Wildman–Crippen MR) is 80.1 cm³/mol. The summed E-state index contributed by atoms with van der Waals surface area (Å²) in [5.74, 6) is 1.66. The van der Waals surface area contributed by atoms with Crippen LogP contribution >= 0.6 is 11.6 Å². The lowest BCUT2D eigenvalue weighted by Gasteiger charge is -2.13. The minimum absolute atomic E-state index is 0.0894. The average molecular weight is 290 g/mol. The third-order valence-corrected chi connectivity index (χ3v) is 3.52. The first-order valence-corrected chi connectivity index (χ1v) is 7.12. The maximum atomic E-state index is 6.17. The monoisotopic (exact) mass is 289 g/mol. The van der Waals surface area contributed by atoms with Crippen LogP contribution in [0.15, 0.2) is 51.5 Å². The molecule has 3 rings (SSSR count). The fraction of sp³-hybridized carbons (Fsp3) is 0.250. The van der Waals surface area contributed by atoms with Gasteiger partial charge in [-0.3, -0.25) is 0 Å². The molecule has 0 aliphatic rings. The van der Waals surface area contributed by atoms with Crippen LogP contribution in [0.4, 0.5) is 0 Å². The van der Waals surface area contributed by atoms with Gasteiger partial charge in [0.1, 0.15) is 17.6 Å². The molecule has 3 aromatic rings. The molecule has 1 N–H and O–H groups in total. The number of benzene rings is 1. The van der Waals surface area contributed by atoms with E-state index in [2.05, 4.69) is 12.2 Å². The van der Waals surface area contributed by atoms with Crippen LogP contribution in [0.1, 0.15) is 30.9 Å². The highest BCUT2D eigenvalue weighted by atomic mass is 35.5. The van der Waals surface area contributed by atoms with Gasteiger partial charge in [-0.2, -0.15) is 0 Å². The first kappa shape index (κ1) is 13.3. The molecule has 0 fully saturated rings. The van der Waals surface area contributed by atoms with Gasteiger partial charge in [0.15, 0.2) is 5.58 Å². The minimum atomic E-state index is -0.0894. The maximum absolute atomic E-state index is 6.17. The zero-order chi connectivity index (χ0) is 13.9. The molecule has 2 aromatic heterocycles. The van der Waals surface area contributed by atoms with Crippen molar-refractivity contribution in [1.82, 2.24) is 5.32 Å². The van der Waals surface area contributed by atoms with Gasteiger partial charge in [-0.05, 0) is 37.2 Å². The highest BCUT2D eigenvalue weighted by Crippen LogP contribution is 2.32. The SMILES string of the molecule is CCCNC(c1ccco1)c1cc2cccc(Cl)c2o1. The van der Waals surface area contributed by atoms with Crippen LogP contribution in [0.5, 0.6) is 0 Å². The van der Waals surface area contributed by atoms with E-state index >= 15 is 0 Å². The van der Waals surface area contributed by atoms with Gasteiger partial charge in [0.25, 0.3) is 0 Å². The molecular weight excluding hydrogens is 274 g/mol. The van der Waals surface area contributed by atoms with Crippen molar-refractivity contribution in [1.29, 1.82) is 0 Å². The predicted octanol–water partition coefficient (Wildman–Crippen LogP) is 4.77. The van der Waals surface area contributed by atoms with Gasteiger partial charge in [0.05, 0.1) is 11.3 Å².